The Kier molecular flexibility index (Phi) is 16.3. The number of halogens is 1. The monoisotopic (exact) mass is 1210 g/mol. The summed E-state index contributed by atoms with van der Waals surface area (Å²) in [6.07, 6.45) is 7.61. The van der Waals surface area contributed by atoms with E-state index in [0.29, 0.717) is 80.1 Å². The van der Waals surface area contributed by atoms with Crippen molar-refractivity contribution in [3.63, 3.8) is 0 Å². The van der Waals surface area contributed by atoms with Crippen LogP contribution >= 0.6 is 11.3 Å². The molecule has 0 saturated carbocycles. The molecular weight excluding hydrogens is 1130 g/mol. The number of rotatable bonds is 17. The van der Waals surface area contributed by atoms with Crippen molar-refractivity contribution < 1.29 is 47.7 Å². The summed E-state index contributed by atoms with van der Waals surface area (Å²) in [6.45, 7) is 13.3. The van der Waals surface area contributed by atoms with Crippen LogP contribution < -0.4 is 25.0 Å². The van der Waals surface area contributed by atoms with Gasteiger partial charge in [-0.15, -0.1) is 11.3 Å². The molecule has 3 amide bonds. The second kappa shape index (κ2) is 24.2. The Hall–Kier alpha value is -7.53. The maximum absolute atomic E-state index is 17.4. The molecule has 8 atom stereocenters. The molecule has 6 saturated heterocycles. The Morgan fingerprint density at radius 1 is 0.954 bits per heavy atom. The number of aromatic hydroxyl groups is 1. The first kappa shape index (κ1) is 58.5. The zero-order valence-corrected chi connectivity index (χ0v) is 50.7. The number of carbonyl (C=O) groups excluding carboxylic acids is 3. The number of fused-ring (bicyclic) bond motifs is 5. The minimum atomic E-state index is -0.875. The van der Waals surface area contributed by atoms with E-state index in [2.05, 4.69) is 37.5 Å². The third-order valence-corrected chi connectivity index (χ3v) is 20.1. The number of aryl methyl sites for hydroxylation is 2. The number of carbonyl (C=O) groups is 3. The molecule has 2 bridgehead atoms. The summed E-state index contributed by atoms with van der Waals surface area (Å²) in [6, 6.07) is 18.2. The second-order valence-electron chi connectivity index (χ2n) is 25.1. The Balaban J connectivity index is 0.619. The normalized spacial score (nSPS) is 23.9. The molecule has 87 heavy (non-hydrogen) atoms. The summed E-state index contributed by atoms with van der Waals surface area (Å²) >= 11 is 1.58. The van der Waals surface area contributed by atoms with Crippen LogP contribution in [0.5, 0.6) is 17.6 Å². The van der Waals surface area contributed by atoms with Gasteiger partial charge in [0.05, 0.1) is 39.2 Å². The molecule has 4 N–H and O–H groups in total. The molecular formula is C65H76FN11O9S. The maximum atomic E-state index is 17.4. The van der Waals surface area contributed by atoms with Crippen molar-refractivity contribution >= 4 is 56.7 Å². The van der Waals surface area contributed by atoms with Gasteiger partial charge >= 0.3 is 12.1 Å². The van der Waals surface area contributed by atoms with Gasteiger partial charge in [0.15, 0.2) is 11.6 Å². The van der Waals surface area contributed by atoms with Gasteiger partial charge in [-0.1, -0.05) is 63.2 Å². The topological polar surface area (TPSA) is 234 Å². The highest BCUT2D eigenvalue weighted by atomic mass is 32.1. The minimum Gasteiger partial charge on any atom is -0.508 e. The van der Waals surface area contributed by atoms with Gasteiger partial charge in [-0.3, -0.25) is 19.5 Å². The van der Waals surface area contributed by atoms with Crippen LogP contribution in [0.4, 0.5) is 15.0 Å². The molecule has 22 heteroatoms. The first-order valence-electron chi connectivity index (χ1n) is 31.0. The third kappa shape index (κ3) is 11.5. The van der Waals surface area contributed by atoms with Crippen molar-refractivity contribution in [2.45, 2.75) is 153 Å². The SMILES string of the molecule is CCc1cccc2cc(O)cc(-c3ncc4c(N5CC6CCC(C5)N6)nc(OC[C@@]56CCCN5[C@H](COC(=O)N5CCC(Oc7cc([C@@H](C(=O)N8C[C@H](O)C[C@H]8C(=O)N[C@@H](C)c8ccc(-c9scnc9C)cc8)C(C)C)on7)CC5)CC6)nc4c3F)c12. The lowest BCUT2D eigenvalue weighted by molar-refractivity contribution is -0.141. The van der Waals surface area contributed by atoms with Crippen LogP contribution in [0.2, 0.25) is 0 Å². The molecule has 10 heterocycles. The molecule has 6 aliphatic rings. The fraction of sp³-hybridized carbons (Fsp3) is 0.508. The van der Waals surface area contributed by atoms with E-state index in [4.69, 9.17) is 33.7 Å². The van der Waals surface area contributed by atoms with E-state index in [9.17, 15) is 24.6 Å². The van der Waals surface area contributed by atoms with Crippen molar-refractivity contribution in [2.75, 3.05) is 57.4 Å². The molecule has 0 aliphatic carbocycles. The average Bonchev–Trinajstić information content (AvgIpc) is 2.29. The molecule has 6 aliphatic heterocycles. The number of benzene rings is 3. The van der Waals surface area contributed by atoms with Crippen LogP contribution in [0.3, 0.4) is 0 Å². The van der Waals surface area contributed by atoms with E-state index in [1.54, 1.807) is 40.6 Å². The van der Waals surface area contributed by atoms with Crippen molar-refractivity contribution in [3.8, 4) is 39.3 Å². The van der Waals surface area contributed by atoms with Crippen molar-refractivity contribution in [2.24, 2.45) is 5.92 Å². The number of hydrogen-bond donors (Lipinski definition) is 4. The van der Waals surface area contributed by atoms with Gasteiger partial charge in [-0.25, -0.2) is 14.2 Å². The Bertz CT molecular complexity index is 3700. The van der Waals surface area contributed by atoms with Gasteiger partial charge in [0, 0.05) is 87.9 Å². The van der Waals surface area contributed by atoms with Gasteiger partial charge in [0.2, 0.25) is 11.8 Å². The molecule has 458 valence electrons. The number of hydrogen-bond acceptors (Lipinski definition) is 18. The van der Waals surface area contributed by atoms with Gasteiger partial charge in [-0.2, -0.15) is 9.97 Å². The average molecular weight is 1210 g/mol. The maximum Gasteiger partial charge on any atom is 0.409 e. The van der Waals surface area contributed by atoms with Gasteiger partial charge < -0.3 is 54.3 Å². The van der Waals surface area contributed by atoms with Crippen molar-refractivity contribution in [3.05, 3.63) is 101 Å². The number of likely N-dealkylation sites (tertiary alicyclic amines) is 2. The Morgan fingerprint density at radius 3 is 2.49 bits per heavy atom. The highest BCUT2D eigenvalue weighted by molar-refractivity contribution is 7.13. The number of β-amino-alcohol motifs (C(OH)–C–C–N with tert-alkyl or cyclic N) is 1. The van der Waals surface area contributed by atoms with Gasteiger partial charge in [0.1, 0.15) is 54.1 Å². The standard InChI is InChI=1S/C65H76FN11O9S/c1-6-39-9-7-10-42-25-46(78)26-49(55(39)42)57-56(66)58-50(29-67-57)60(75-30-43-15-16-44(31-75)70-43)72-63(71-58)84-34-65-20-8-22-77(65)45(17-21-65)33-83-64(82)74-23-18-48(19-24-74)85-53-28-52(86-73-53)54(36(2)3)62(81)76-32-47(79)27-51(76)61(80)69-37(4)40-11-13-41(14-12-40)59-38(5)68-35-87-59/h7,9-14,25-26,28-29,35-37,43-45,47-48,51,54,70,78-79H,6,8,15-24,27,30-34H2,1-5H3,(H,69,80)/t37-,43?,44?,45-,47+,51-,54-,65-/m0/s1. The predicted molar refractivity (Wildman–Crippen MR) is 326 cm³/mol. The summed E-state index contributed by atoms with van der Waals surface area (Å²) in [4.78, 5) is 69.8. The number of pyridine rings is 1. The van der Waals surface area contributed by atoms with Crippen LogP contribution in [-0.4, -0.2) is 162 Å². The second-order valence-corrected chi connectivity index (χ2v) is 26.0. The summed E-state index contributed by atoms with van der Waals surface area (Å²) in [5, 5.41) is 34.8. The molecule has 13 rings (SSSR count). The zero-order valence-electron chi connectivity index (χ0n) is 49.9. The fourth-order valence-electron chi connectivity index (χ4n) is 14.6. The number of piperazine rings is 1. The van der Waals surface area contributed by atoms with E-state index in [-0.39, 0.29) is 103 Å². The van der Waals surface area contributed by atoms with Crippen LogP contribution in [0.1, 0.15) is 120 Å². The number of aromatic nitrogens is 5. The molecule has 20 nitrogen and oxygen atoms in total. The molecule has 0 radical (unpaired) electrons. The lowest BCUT2D eigenvalue weighted by atomic mass is 9.91. The number of thiazole rings is 1. The summed E-state index contributed by atoms with van der Waals surface area (Å²) < 4.78 is 42.2. The first-order valence-corrected chi connectivity index (χ1v) is 31.8. The number of nitrogens with one attached hydrogen (secondary N) is 2. The molecule has 4 aromatic heterocycles. The lowest BCUT2D eigenvalue weighted by Crippen LogP contribution is -2.51. The third-order valence-electron chi connectivity index (χ3n) is 19.1. The molecule has 6 fully saturated rings. The lowest BCUT2D eigenvalue weighted by Gasteiger charge is -2.35. The van der Waals surface area contributed by atoms with E-state index < -0.39 is 23.9 Å². The molecule has 3 aromatic carbocycles. The molecule has 2 unspecified atom stereocenters. The number of anilines is 1. The van der Waals surface area contributed by atoms with Gasteiger partial charge in [0.25, 0.3) is 5.88 Å². The smallest absolute Gasteiger partial charge is 0.409 e. The highest BCUT2D eigenvalue weighted by Gasteiger charge is 2.51. The number of piperidine rings is 1. The number of nitrogens with zero attached hydrogens (tertiary/aromatic N) is 9. The summed E-state index contributed by atoms with van der Waals surface area (Å²) in [5.74, 6) is -1.16. The Morgan fingerprint density at radius 2 is 1.75 bits per heavy atom. The van der Waals surface area contributed by atoms with Crippen LogP contribution in [0, 0.1) is 18.7 Å². The number of phenolic OH excluding ortho intramolecular Hbond substituents is 1. The first-order chi connectivity index (χ1) is 42.1. The van der Waals surface area contributed by atoms with Crippen molar-refractivity contribution in [1.82, 2.24) is 50.4 Å². The predicted octanol–water partition coefficient (Wildman–Crippen LogP) is 9.25. The number of aliphatic hydroxyl groups excluding tert-OH is 1. The van der Waals surface area contributed by atoms with Crippen LogP contribution in [0.25, 0.3) is 43.4 Å². The van der Waals surface area contributed by atoms with E-state index in [1.165, 1.54) is 4.90 Å². The quantitative estimate of drug-likeness (QED) is 0.0665. The largest absolute Gasteiger partial charge is 0.508 e. The molecule has 7 aromatic rings. The van der Waals surface area contributed by atoms with E-state index >= 15 is 4.39 Å². The molecule has 0 spiro atoms. The van der Waals surface area contributed by atoms with Gasteiger partial charge in [-0.05, 0) is 116 Å². The van der Waals surface area contributed by atoms with Crippen LogP contribution in [-0.2, 0) is 20.7 Å². The zero-order chi connectivity index (χ0) is 60.3. The fourth-order valence-corrected chi connectivity index (χ4v) is 15.4. The minimum absolute atomic E-state index is 0.0129. The Labute approximate surface area is 508 Å². The highest BCUT2D eigenvalue weighted by Crippen LogP contribution is 2.44. The number of ether oxygens (including phenoxy) is 3. The van der Waals surface area contributed by atoms with E-state index in [1.807, 2.05) is 75.7 Å². The van der Waals surface area contributed by atoms with Crippen molar-refractivity contribution in [1.29, 1.82) is 0 Å². The number of aliphatic hydroxyl groups is 1. The van der Waals surface area contributed by atoms with Crippen LogP contribution in [0.15, 0.2) is 76.9 Å². The summed E-state index contributed by atoms with van der Waals surface area (Å²) in [5.41, 5.74) is 6.15. The van der Waals surface area contributed by atoms with E-state index in [0.717, 1.165) is 83.1 Å². The summed E-state index contributed by atoms with van der Waals surface area (Å²) in [7, 11) is 0. The number of amides is 3. The number of phenols is 1.